The average Bonchev–Trinajstić information content (AvgIpc) is 2.72. The molecule has 0 saturated heterocycles. The van der Waals surface area contributed by atoms with Gasteiger partial charge in [0.25, 0.3) is 5.91 Å². The summed E-state index contributed by atoms with van der Waals surface area (Å²) in [5.74, 6) is 6.93. The van der Waals surface area contributed by atoms with Crippen molar-refractivity contribution < 1.29 is 14.3 Å². The highest BCUT2D eigenvalue weighted by Crippen LogP contribution is 2.25. The number of carbonyl (C=O) groups excluding carboxylic acids is 1. The smallest absolute Gasteiger partial charge is 0.264 e. The second kappa shape index (κ2) is 9.36. The highest BCUT2D eigenvalue weighted by molar-refractivity contribution is 6.30. The number of rotatable bonds is 6. The normalized spacial score (nSPS) is 10.7. The summed E-state index contributed by atoms with van der Waals surface area (Å²) in [6.07, 6.45) is 0. The van der Waals surface area contributed by atoms with Crippen LogP contribution in [0.5, 0.6) is 11.5 Å². The Bertz CT molecular complexity index is 1040. The first-order chi connectivity index (χ1) is 14.0. The summed E-state index contributed by atoms with van der Waals surface area (Å²) >= 11 is 5.86. The van der Waals surface area contributed by atoms with E-state index in [1.807, 2.05) is 42.5 Å². The van der Waals surface area contributed by atoms with Gasteiger partial charge in [-0.15, -0.1) is 0 Å². The number of carbonyl (C=O) groups is 1. The molecule has 0 fully saturated rings. The second-order valence-electron chi connectivity index (χ2n) is 6.87. The van der Waals surface area contributed by atoms with E-state index in [0.29, 0.717) is 10.8 Å². The lowest BCUT2D eigenvalue weighted by atomic mass is 10.1. The molecular weight excluding hydrogens is 386 g/mol. The zero-order valence-corrected chi connectivity index (χ0v) is 17.1. The first-order valence-electron chi connectivity index (χ1n) is 9.25. The number of hydrogen-bond acceptors (Lipinski definition) is 3. The van der Waals surface area contributed by atoms with Gasteiger partial charge in [0.15, 0.2) is 5.60 Å². The van der Waals surface area contributed by atoms with Gasteiger partial charge in [0, 0.05) is 10.4 Å². The van der Waals surface area contributed by atoms with E-state index in [1.165, 1.54) is 0 Å². The minimum atomic E-state index is -1.03. The summed E-state index contributed by atoms with van der Waals surface area (Å²) in [6.45, 7) is 3.86. The lowest BCUT2D eigenvalue weighted by Crippen LogP contribution is -2.46. The van der Waals surface area contributed by atoms with Crippen LogP contribution in [0.3, 0.4) is 0 Å². The average molecular weight is 408 g/mol. The molecule has 0 radical (unpaired) electrons. The monoisotopic (exact) mass is 407 g/mol. The number of hydrogen-bond donors (Lipinski definition) is 1. The molecule has 0 unspecified atom stereocenters. The Kier molecular flexibility index (Phi) is 6.64. The molecule has 0 aliphatic carbocycles. The third-order valence-corrected chi connectivity index (χ3v) is 4.50. The van der Waals surface area contributed by atoms with Gasteiger partial charge in [-0.1, -0.05) is 59.8 Å². The molecule has 5 heteroatoms. The maximum absolute atomic E-state index is 12.4. The Hall–Kier alpha value is -3.16. The molecular formula is C24H22ClNO3. The molecule has 0 saturated carbocycles. The molecule has 3 aromatic carbocycles. The summed E-state index contributed by atoms with van der Waals surface area (Å²) in [6, 6.07) is 20.8. The molecule has 0 bridgehead atoms. The standard InChI is InChI=1S/C24H22ClNO3/c1-24(2,29-20-14-12-19(25)13-15-20)23(27)26-16-5-6-17-28-22-11-7-9-18-8-3-4-10-21(18)22/h3-4,7-15H,16-17H2,1-2H3,(H,26,27). The van der Waals surface area contributed by atoms with E-state index in [1.54, 1.807) is 38.1 Å². The number of nitrogens with one attached hydrogen (secondary N) is 1. The van der Waals surface area contributed by atoms with Crippen molar-refractivity contribution >= 4 is 28.3 Å². The summed E-state index contributed by atoms with van der Waals surface area (Å²) in [7, 11) is 0. The fourth-order valence-corrected chi connectivity index (χ4v) is 2.86. The molecule has 148 valence electrons. The van der Waals surface area contributed by atoms with Crippen LogP contribution >= 0.6 is 11.6 Å². The summed E-state index contributed by atoms with van der Waals surface area (Å²) in [5, 5.41) is 5.54. The van der Waals surface area contributed by atoms with Crippen LogP contribution in [-0.2, 0) is 4.79 Å². The van der Waals surface area contributed by atoms with Crippen LogP contribution in [-0.4, -0.2) is 24.7 Å². The van der Waals surface area contributed by atoms with Gasteiger partial charge < -0.3 is 14.8 Å². The van der Waals surface area contributed by atoms with Gasteiger partial charge in [-0.05, 0) is 49.6 Å². The van der Waals surface area contributed by atoms with E-state index in [4.69, 9.17) is 21.1 Å². The topological polar surface area (TPSA) is 47.6 Å². The van der Waals surface area contributed by atoms with E-state index in [2.05, 4.69) is 17.2 Å². The molecule has 1 N–H and O–H groups in total. The minimum Gasteiger partial charge on any atom is -0.480 e. The van der Waals surface area contributed by atoms with Gasteiger partial charge in [-0.3, -0.25) is 4.79 Å². The van der Waals surface area contributed by atoms with Crippen LogP contribution in [0.15, 0.2) is 66.7 Å². The lowest BCUT2D eigenvalue weighted by molar-refractivity contribution is -0.133. The number of fused-ring (bicyclic) bond motifs is 1. The van der Waals surface area contributed by atoms with E-state index in [9.17, 15) is 4.79 Å². The van der Waals surface area contributed by atoms with Crippen molar-refractivity contribution in [3.05, 3.63) is 71.8 Å². The summed E-state index contributed by atoms with van der Waals surface area (Å²) in [5.41, 5.74) is -1.03. The summed E-state index contributed by atoms with van der Waals surface area (Å²) < 4.78 is 11.5. The first kappa shape index (κ1) is 20.6. The van der Waals surface area contributed by atoms with Gasteiger partial charge in [0.05, 0.1) is 6.54 Å². The second-order valence-corrected chi connectivity index (χ2v) is 7.30. The van der Waals surface area contributed by atoms with Crippen LogP contribution < -0.4 is 14.8 Å². The molecule has 3 aromatic rings. The maximum Gasteiger partial charge on any atom is 0.264 e. The fraction of sp³-hybridized carbons (Fsp3) is 0.208. The number of benzene rings is 3. The van der Waals surface area contributed by atoms with Crippen molar-refractivity contribution in [2.24, 2.45) is 0 Å². The molecule has 1 amide bonds. The molecule has 0 aromatic heterocycles. The molecule has 29 heavy (non-hydrogen) atoms. The van der Waals surface area contributed by atoms with E-state index in [0.717, 1.165) is 16.5 Å². The van der Waals surface area contributed by atoms with Crippen LogP contribution in [0.25, 0.3) is 10.8 Å². The fourth-order valence-electron chi connectivity index (χ4n) is 2.73. The van der Waals surface area contributed by atoms with Crippen molar-refractivity contribution in [1.29, 1.82) is 0 Å². The largest absolute Gasteiger partial charge is 0.480 e. The maximum atomic E-state index is 12.4. The predicted octanol–water partition coefficient (Wildman–Crippen LogP) is 4.85. The zero-order valence-electron chi connectivity index (χ0n) is 16.4. The van der Waals surface area contributed by atoms with Gasteiger partial charge in [-0.25, -0.2) is 0 Å². The molecule has 4 nitrogen and oxygen atoms in total. The molecule has 0 heterocycles. The summed E-state index contributed by atoms with van der Waals surface area (Å²) in [4.78, 5) is 12.4. The Morgan fingerprint density at radius 2 is 1.72 bits per heavy atom. The number of amides is 1. The van der Waals surface area contributed by atoms with Crippen molar-refractivity contribution in [2.45, 2.75) is 19.4 Å². The molecule has 3 rings (SSSR count). The van der Waals surface area contributed by atoms with Gasteiger partial charge in [0.2, 0.25) is 0 Å². The SMILES string of the molecule is CC(C)(Oc1ccc(Cl)cc1)C(=O)NCC#CCOc1cccc2ccccc12. The minimum absolute atomic E-state index is 0.213. The predicted molar refractivity (Wildman–Crippen MR) is 116 cm³/mol. The quantitative estimate of drug-likeness (QED) is 0.594. The van der Waals surface area contributed by atoms with Crippen LogP contribution in [0.4, 0.5) is 0 Å². The molecule has 0 atom stereocenters. The Morgan fingerprint density at radius 1 is 1.00 bits per heavy atom. The van der Waals surface area contributed by atoms with Gasteiger partial charge in [0.1, 0.15) is 18.1 Å². The molecule has 0 aliphatic rings. The molecule has 0 aliphatic heterocycles. The zero-order chi connectivity index (χ0) is 20.7. The van der Waals surface area contributed by atoms with Gasteiger partial charge >= 0.3 is 0 Å². The Balaban J connectivity index is 1.47. The third-order valence-electron chi connectivity index (χ3n) is 4.25. The third kappa shape index (κ3) is 5.66. The first-order valence-corrected chi connectivity index (χ1v) is 9.63. The van der Waals surface area contributed by atoms with Crippen molar-refractivity contribution in [1.82, 2.24) is 5.32 Å². The van der Waals surface area contributed by atoms with Crippen molar-refractivity contribution in [3.63, 3.8) is 0 Å². The van der Waals surface area contributed by atoms with E-state index in [-0.39, 0.29) is 19.1 Å². The van der Waals surface area contributed by atoms with Crippen LogP contribution in [0.2, 0.25) is 5.02 Å². The highest BCUT2D eigenvalue weighted by atomic mass is 35.5. The number of halogens is 1. The number of ether oxygens (including phenoxy) is 2. The van der Waals surface area contributed by atoms with E-state index < -0.39 is 5.60 Å². The van der Waals surface area contributed by atoms with Gasteiger partial charge in [-0.2, -0.15) is 0 Å². The van der Waals surface area contributed by atoms with E-state index >= 15 is 0 Å². The van der Waals surface area contributed by atoms with Crippen molar-refractivity contribution in [3.8, 4) is 23.3 Å². The molecule has 0 spiro atoms. The van der Waals surface area contributed by atoms with Crippen molar-refractivity contribution in [2.75, 3.05) is 13.2 Å². The van der Waals surface area contributed by atoms with Crippen LogP contribution in [0, 0.1) is 11.8 Å². The highest BCUT2D eigenvalue weighted by Gasteiger charge is 2.29. The lowest BCUT2D eigenvalue weighted by Gasteiger charge is -2.24. The Morgan fingerprint density at radius 3 is 2.52 bits per heavy atom. The Labute approximate surface area is 175 Å². The van der Waals surface area contributed by atoms with Crippen LogP contribution in [0.1, 0.15) is 13.8 Å².